The summed E-state index contributed by atoms with van der Waals surface area (Å²) in [5.41, 5.74) is -1.83. The van der Waals surface area contributed by atoms with E-state index in [4.69, 9.17) is 0 Å². The van der Waals surface area contributed by atoms with E-state index in [0.29, 0.717) is 18.8 Å². The van der Waals surface area contributed by atoms with Gasteiger partial charge in [0.1, 0.15) is 0 Å². The highest BCUT2D eigenvalue weighted by Gasteiger charge is 2.63. The van der Waals surface area contributed by atoms with E-state index >= 15 is 0 Å². The molecule has 1 aromatic rings. The normalized spacial score (nSPS) is 31.2. The maximum Gasteiger partial charge on any atom is 0.175 e. The Kier molecular flexibility index (Phi) is 2.92. The molecule has 3 unspecified atom stereocenters. The van der Waals surface area contributed by atoms with Gasteiger partial charge in [-0.25, -0.2) is 17.6 Å². The van der Waals surface area contributed by atoms with Crippen LogP contribution in [0.2, 0.25) is 0 Å². The first-order valence-corrected chi connectivity index (χ1v) is 6.80. The van der Waals surface area contributed by atoms with Crippen LogP contribution in [0.4, 0.5) is 17.6 Å². The van der Waals surface area contributed by atoms with Gasteiger partial charge in [0.2, 0.25) is 0 Å². The smallest absolute Gasteiger partial charge is 0.175 e. The Hall–Kier alpha value is -1.39. The van der Waals surface area contributed by atoms with Crippen molar-refractivity contribution in [3.05, 3.63) is 34.9 Å². The first-order valence-electron chi connectivity index (χ1n) is 6.80. The van der Waals surface area contributed by atoms with E-state index in [9.17, 15) is 22.4 Å². The SMILES string of the molecule is CCC1CC2(C(=O)c3c(F)c(F)cc(F)c3F)CCC12. The van der Waals surface area contributed by atoms with Gasteiger partial charge in [0.25, 0.3) is 0 Å². The van der Waals surface area contributed by atoms with E-state index in [2.05, 4.69) is 0 Å². The minimum atomic E-state index is -1.58. The largest absolute Gasteiger partial charge is 0.293 e. The van der Waals surface area contributed by atoms with Gasteiger partial charge in [0.05, 0.1) is 5.56 Å². The van der Waals surface area contributed by atoms with Crippen LogP contribution in [-0.2, 0) is 0 Å². The van der Waals surface area contributed by atoms with Crippen molar-refractivity contribution >= 4 is 5.78 Å². The van der Waals surface area contributed by atoms with E-state index in [-0.39, 0.29) is 12.0 Å². The van der Waals surface area contributed by atoms with Crippen LogP contribution in [0.5, 0.6) is 0 Å². The number of carbonyl (C=O) groups excluding carboxylic acids is 1. The molecular formula is C15H14F4O. The van der Waals surface area contributed by atoms with Crippen molar-refractivity contribution in [2.45, 2.75) is 32.6 Å². The second-order valence-corrected chi connectivity index (χ2v) is 5.85. The topological polar surface area (TPSA) is 17.1 Å². The Balaban J connectivity index is 2.01. The minimum absolute atomic E-state index is 0.102. The molecule has 3 rings (SSSR count). The van der Waals surface area contributed by atoms with E-state index < -0.39 is 40.0 Å². The fourth-order valence-corrected chi connectivity index (χ4v) is 3.87. The molecule has 0 heterocycles. The number of carbonyl (C=O) groups is 1. The van der Waals surface area contributed by atoms with Gasteiger partial charge < -0.3 is 0 Å². The van der Waals surface area contributed by atoms with Gasteiger partial charge in [0, 0.05) is 11.5 Å². The quantitative estimate of drug-likeness (QED) is 0.461. The second kappa shape index (κ2) is 4.30. The molecule has 108 valence electrons. The third-order valence-corrected chi connectivity index (χ3v) is 5.12. The summed E-state index contributed by atoms with van der Waals surface area (Å²) in [6.45, 7) is 2.00. The molecule has 0 radical (unpaired) electrons. The Labute approximate surface area is 114 Å². The number of Topliss-reactive ketones (excluding diaryl/α,β-unsaturated/α-hetero) is 1. The molecule has 0 saturated heterocycles. The molecule has 0 bridgehead atoms. The standard InChI is InChI=1S/C15H14F4O/c1-2-7-6-15(4-3-8(7)15)14(20)11-12(18)9(16)5-10(17)13(11)19/h5,7-8H,2-4,6H2,1H3. The summed E-state index contributed by atoms with van der Waals surface area (Å²) >= 11 is 0. The maximum absolute atomic E-state index is 13.7. The number of hydrogen-bond acceptors (Lipinski definition) is 1. The van der Waals surface area contributed by atoms with Crippen LogP contribution in [0, 0.1) is 40.5 Å². The highest BCUT2D eigenvalue weighted by atomic mass is 19.2. The molecule has 1 nitrogen and oxygen atoms in total. The first-order chi connectivity index (χ1) is 9.42. The van der Waals surface area contributed by atoms with E-state index in [1.54, 1.807) is 0 Å². The third-order valence-electron chi connectivity index (χ3n) is 5.12. The van der Waals surface area contributed by atoms with Crippen molar-refractivity contribution in [3.63, 3.8) is 0 Å². The molecular weight excluding hydrogens is 272 g/mol. The van der Waals surface area contributed by atoms with Gasteiger partial charge in [-0.3, -0.25) is 4.79 Å². The van der Waals surface area contributed by atoms with Crippen molar-refractivity contribution in [2.75, 3.05) is 0 Å². The number of hydrogen-bond donors (Lipinski definition) is 0. The van der Waals surface area contributed by atoms with Crippen LogP contribution in [0.3, 0.4) is 0 Å². The van der Waals surface area contributed by atoms with Crippen LogP contribution in [0.15, 0.2) is 6.07 Å². The van der Waals surface area contributed by atoms with Crippen molar-refractivity contribution in [2.24, 2.45) is 17.3 Å². The average Bonchev–Trinajstić information content (AvgIpc) is 2.39. The van der Waals surface area contributed by atoms with Crippen molar-refractivity contribution in [1.82, 2.24) is 0 Å². The van der Waals surface area contributed by atoms with Gasteiger partial charge in [-0.05, 0) is 31.1 Å². The number of ketones is 1. The zero-order chi connectivity index (χ0) is 14.7. The third kappa shape index (κ3) is 1.52. The summed E-state index contributed by atoms with van der Waals surface area (Å²) in [5.74, 6) is -6.49. The lowest BCUT2D eigenvalue weighted by Crippen LogP contribution is -2.60. The van der Waals surface area contributed by atoms with E-state index in [1.165, 1.54) is 0 Å². The molecule has 2 fully saturated rings. The van der Waals surface area contributed by atoms with Crippen molar-refractivity contribution in [1.29, 1.82) is 0 Å². The van der Waals surface area contributed by atoms with Crippen LogP contribution in [-0.4, -0.2) is 5.78 Å². The van der Waals surface area contributed by atoms with Crippen LogP contribution < -0.4 is 0 Å². The van der Waals surface area contributed by atoms with Crippen molar-refractivity contribution in [3.8, 4) is 0 Å². The summed E-state index contributed by atoms with van der Waals surface area (Å²) in [6.07, 6.45) is 2.85. The summed E-state index contributed by atoms with van der Waals surface area (Å²) < 4.78 is 53.9. The zero-order valence-corrected chi connectivity index (χ0v) is 11.0. The molecule has 2 aliphatic rings. The number of halogens is 4. The molecule has 3 atom stereocenters. The highest BCUT2D eigenvalue weighted by molar-refractivity contribution is 6.02. The lowest BCUT2D eigenvalue weighted by molar-refractivity contribution is -0.101. The first kappa shape index (κ1) is 13.6. The molecule has 0 aliphatic heterocycles. The number of fused-ring (bicyclic) bond motifs is 1. The fraction of sp³-hybridized carbons (Fsp3) is 0.533. The highest BCUT2D eigenvalue weighted by Crippen LogP contribution is 2.66. The predicted octanol–water partition coefficient (Wildman–Crippen LogP) is 4.25. The molecule has 0 amide bonds. The van der Waals surface area contributed by atoms with Gasteiger partial charge in [-0.2, -0.15) is 0 Å². The molecule has 0 spiro atoms. The molecule has 5 heteroatoms. The van der Waals surface area contributed by atoms with Gasteiger partial charge in [0.15, 0.2) is 29.1 Å². The van der Waals surface area contributed by atoms with E-state index in [1.807, 2.05) is 6.92 Å². The maximum atomic E-state index is 13.7. The monoisotopic (exact) mass is 286 g/mol. The van der Waals surface area contributed by atoms with Crippen LogP contribution in [0.25, 0.3) is 0 Å². The Bertz CT molecular complexity index is 572. The fourth-order valence-electron chi connectivity index (χ4n) is 3.87. The van der Waals surface area contributed by atoms with Crippen molar-refractivity contribution < 1.29 is 22.4 Å². The van der Waals surface area contributed by atoms with Crippen LogP contribution in [0.1, 0.15) is 43.0 Å². The minimum Gasteiger partial charge on any atom is -0.293 e. The average molecular weight is 286 g/mol. The zero-order valence-electron chi connectivity index (χ0n) is 11.0. The molecule has 2 aliphatic carbocycles. The second-order valence-electron chi connectivity index (χ2n) is 5.85. The molecule has 0 N–H and O–H groups in total. The molecule has 1 aromatic carbocycles. The number of rotatable bonds is 3. The lowest BCUT2D eigenvalue weighted by Gasteiger charge is -2.62. The Morgan fingerprint density at radius 2 is 1.85 bits per heavy atom. The lowest BCUT2D eigenvalue weighted by atomic mass is 9.40. The summed E-state index contributed by atoms with van der Waals surface area (Å²) in [4.78, 5) is 12.4. The van der Waals surface area contributed by atoms with Gasteiger partial charge in [-0.1, -0.05) is 13.3 Å². The predicted molar refractivity (Wildman–Crippen MR) is 64.2 cm³/mol. The Morgan fingerprint density at radius 3 is 2.25 bits per heavy atom. The van der Waals surface area contributed by atoms with E-state index in [0.717, 1.165) is 12.8 Å². The number of benzene rings is 1. The summed E-state index contributed by atoms with van der Waals surface area (Å²) in [6, 6.07) is 0.132. The molecule has 20 heavy (non-hydrogen) atoms. The van der Waals surface area contributed by atoms with Gasteiger partial charge >= 0.3 is 0 Å². The van der Waals surface area contributed by atoms with Gasteiger partial charge in [-0.15, -0.1) is 0 Å². The Morgan fingerprint density at radius 1 is 1.25 bits per heavy atom. The summed E-state index contributed by atoms with van der Waals surface area (Å²) in [7, 11) is 0. The summed E-state index contributed by atoms with van der Waals surface area (Å²) in [5, 5.41) is 0. The molecule has 0 aromatic heterocycles. The molecule has 2 saturated carbocycles. The van der Waals surface area contributed by atoms with Crippen LogP contribution >= 0.6 is 0 Å².